The van der Waals surface area contributed by atoms with Gasteiger partial charge in [-0.15, -0.1) is 0 Å². The van der Waals surface area contributed by atoms with E-state index < -0.39 is 67.6 Å². The maximum absolute atomic E-state index is 13.9. The molecule has 0 bridgehead atoms. The van der Waals surface area contributed by atoms with E-state index in [1.54, 1.807) is 64.1 Å². The maximum atomic E-state index is 13.9. The van der Waals surface area contributed by atoms with Crippen molar-refractivity contribution in [3.05, 3.63) is 119 Å². The van der Waals surface area contributed by atoms with Gasteiger partial charge < -0.3 is 10.2 Å². The average Bonchev–Trinajstić information content (AvgIpc) is 3.46. The van der Waals surface area contributed by atoms with Crippen molar-refractivity contribution in [2.45, 2.75) is 39.8 Å². The normalized spacial score (nSPS) is 15.6. The van der Waals surface area contributed by atoms with Crippen LogP contribution in [0.15, 0.2) is 97.1 Å². The molecule has 0 spiro atoms. The fourth-order valence-electron chi connectivity index (χ4n) is 7.25. The third-order valence-corrected chi connectivity index (χ3v) is 14.2. The molecule has 4 aromatic rings. The first-order chi connectivity index (χ1) is 23.3. The average molecular weight is 675 g/mol. The fraction of sp³-hybridized carbons (Fsp3) is 0.211. The molecule has 4 aromatic carbocycles. The number of amides is 4. The predicted molar refractivity (Wildman–Crippen MR) is 184 cm³/mol. The number of aliphatic carboxylic acids is 2. The minimum Gasteiger partial charge on any atom is -0.480 e. The van der Waals surface area contributed by atoms with Crippen molar-refractivity contribution < 1.29 is 39.0 Å². The summed E-state index contributed by atoms with van der Waals surface area (Å²) in [7, 11) is -3.47. The van der Waals surface area contributed by atoms with Crippen molar-refractivity contribution in [1.82, 2.24) is 9.80 Å². The molecule has 2 atom stereocenters. The number of carboxylic acids is 2. The summed E-state index contributed by atoms with van der Waals surface area (Å²) < 4.78 is 0. The highest BCUT2D eigenvalue weighted by atomic mass is 28.3. The highest BCUT2D eigenvalue weighted by molar-refractivity contribution is 7.20. The van der Waals surface area contributed by atoms with Gasteiger partial charge in [0.25, 0.3) is 23.6 Å². The first kappa shape index (κ1) is 33.2. The lowest BCUT2D eigenvalue weighted by Gasteiger charge is -2.34. The second-order valence-corrected chi connectivity index (χ2v) is 16.8. The second kappa shape index (κ2) is 12.4. The van der Waals surface area contributed by atoms with Crippen molar-refractivity contribution in [3.8, 4) is 0 Å². The molecule has 0 aromatic heterocycles. The molecule has 2 aliphatic heterocycles. The Labute approximate surface area is 283 Å². The number of benzene rings is 4. The number of carbonyl (C=O) groups is 6. The maximum Gasteiger partial charge on any atom is 0.327 e. The molecule has 2 N–H and O–H groups in total. The van der Waals surface area contributed by atoms with E-state index in [4.69, 9.17) is 0 Å². The minimum absolute atomic E-state index is 0.0814. The van der Waals surface area contributed by atoms with Gasteiger partial charge in [-0.3, -0.25) is 29.0 Å². The molecule has 10 nitrogen and oxygen atoms in total. The molecule has 0 saturated heterocycles. The van der Waals surface area contributed by atoms with Crippen molar-refractivity contribution in [3.63, 3.8) is 0 Å². The molecule has 0 radical (unpaired) electrons. The van der Waals surface area contributed by atoms with Crippen LogP contribution in [0, 0.1) is 11.8 Å². The summed E-state index contributed by atoms with van der Waals surface area (Å²) in [6, 6.07) is 26.4. The molecule has 4 amide bonds. The van der Waals surface area contributed by atoms with E-state index >= 15 is 0 Å². The lowest BCUT2D eigenvalue weighted by molar-refractivity contribution is -0.143. The largest absolute Gasteiger partial charge is 0.480 e. The zero-order valence-corrected chi connectivity index (χ0v) is 28.3. The van der Waals surface area contributed by atoms with E-state index in [1.807, 2.05) is 60.7 Å². The topological polar surface area (TPSA) is 149 Å². The van der Waals surface area contributed by atoms with Crippen LogP contribution in [-0.4, -0.2) is 75.7 Å². The van der Waals surface area contributed by atoms with Crippen LogP contribution in [0.1, 0.15) is 69.1 Å². The van der Waals surface area contributed by atoms with E-state index in [-0.39, 0.29) is 22.3 Å². The summed E-state index contributed by atoms with van der Waals surface area (Å²) in [4.78, 5) is 81.0. The van der Waals surface area contributed by atoms with Crippen molar-refractivity contribution in [1.29, 1.82) is 0 Å². The standard InChI is InChI=1S/C38H34N2O8Si/c1-21(2)31(37(45)46)39-33(41)27-17-15-25(19-29(27)35(39)43)49(23-11-7-5-8-12-23,24-13-9-6-10-14-24)26-16-18-28-30(20-26)36(44)40(34(28)42)32(22(3)4)38(47)48/h5-22,31-32H,1-4H3,(H,45,46)(H,47,48)/t31-,32+. The number of carboxylic acid groups (broad SMARTS) is 2. The summed E-state index contributed by atoms with van der Waals surface area (Å²) in [6.07, 6.45) is 0. The van der Waals surface area contributed by atoms with Crippen LogP contribution < -0.4 is 20.7 Å². The van der Waals surface area contributed by atoms with Crippen LogP contribution in [0.25, 0.3) is 0 Å². The Bertz CT molecular complexity index is 1900. The summed E-state index contributed by atoms with van der Waals surface area (Å²) in [6.45, 7) is 6.55. The van der Waals surface area contributed by atoms with Gasteiger partial charge >= 0.3 is 11.9 Å². The number of hydrogen-bond acceptors (Lipinski definition) is 6. The van der Waals surface area contributed by atoms with E-state index in [0.717, 1.165) is 20.2 Å². The van der Waals surface area contributed by atoms with Gasteiger partial charge in [0.2, 0.25) is 0 Å². The van der Waals surface area contributed by atoms with Gasteiger partial charge in [0.15, 0.2) is 8.07 Å². The molecular weight excluding hydrogens is 641 g/mol. The molecule has 0 aliphatic carbocycles. The number of carbonyl (C=O) groups excluding carboxylic acids is 4. The Morgan fingerprint density at radius 3 is 1.12 bits per heavy atom. The van der Waals surface area contributed by atoms with Crippen LogP contribution in [0.3, 0.4) is 0 Å². The Kier molecular flexibility index (Phi) is 8.41. The van der Waals surface area contributed by atoms with Crippen LogP contribution in [-0.2, 0) is 9.59 Å². The van der Waals surface area contributed by atoms with Crippen LogP contribution >= 0.6 is 0 Å². The summed E-state index contributed by atoms with van der Waals surface area (Å²) >= 11 is 0. The zero-order valence-electron chi connectivity index (χ0n) is 27.3. The summed E-state index contributed by atoms with van der Waals surface area (Å²) in [5.74, 6) is -6.41. The second-order valence-electron chi connectivity index (χ2n) is 13.0. The zero-order chi connectivity index (χ0) is 35.4. The van der Waals surface area contributed by atoms with E-state index in [9.17, 15) is 39.0 Å². The molecule has 6 rings (SSSR count). The Balaban J connectivity index is 1.61. The highest BCUT2D eigenvalue weighted by Gasteiger charge is 2.49. The Morgan fingerprint density at radius 2 is 0.816 bits per heavy atom. The minimum atomic E-state index is -3.47. The van der Waals surface area contributed by atoms with E-state index in [1.165, 1.54) is 0 Å². The third-order valence-electron chi connectivity index (χ3n) is 9.44. The Morgan fingerprint density at radius 1 is 0.490 bits per heavy atom. The van der Waals surface area contributed by atoms with Gasteiger partial charge in [0.1, 0.15) is 12.1 Å². The molecule has 248 valence electrons. The number of imide groups is 2. The Hall–Kier alpha value is -5.68. The third kappa shape index (κ3) is 5.08. The van der Waals surface area contributed by atoms with E-state index in [2.05, 4.69) is 0 Å². The molecule has 2 aliphatic rings. The van der Waals surface area contributed by atoms with Gasteiger partial charge in [-0.2, -0.15) is 0 Å². The first-order valence-corrected chi connectivity index (χ1v) is 17.9. The number of fused-ring (bicyclic) bond motifs is 2. The van der Waals surface area contributed by atoms with Gasteiger partial charge in [-0.25, -0.2) is 9.59 Å². The van der Waals surface area contributed by atoms with Gasteiger partial charge in [0, 0.05) is 0 Å². The quantitative estimate of drug-likeness (QED) is 0.148. The molecule has 2 heterocycles. The molecule has 0 saturated carbocycles. The van der Waals surface area contributed by atoms with Crippen LogP contribution in [0.5, 0.6) is 0 Å². The number of hydrogen-bond donors (Lipinski definition) is 2. The molecule has 0 fully saturated rings. The van der Waals surface area contributed by atoms with Gasteiger partial charge in [0.05, 0.1) is 22.3 Å². The van der Waals surface area contributed by atoms with Gasteiger partial charge in [-0.1, -0.05) is 100 Å². The lowest BCUT2D eigenvalue weighted by atomic mass is 10.0. The van der Waals surface area contributed by atoms with Crippen molar-refractivity contribution >= 4 is 64.4 Å². The summed E-state index contributed by atoms with van der Waals surface area (Å²) in [5, 5.41) is 23.0. The monoisotopic (exact) mass is 674 g/mol. The molecular formula is C38H34N2O8Si. The van der Waals surface area contributed by atoms with Gasteiger partial charge in [-0.05, 0) is 56.8 Å². The fourth-order valence-corrected chi connectivity index (χ4v) is 12.0. The van der Waals surface area contributed by atoms with Crippen LogP contribution in [0.4, 0.5) is 0 Å². The molecule has 49 heavy (non-hydrogen) atoms. The molecule has 0 unspecified atom stereocenters. The van der Waals surface area contributed by atoms with E-state index in [0.29, 0.717) is 10.4 Å². The first-order valence-electron chi connectivity index (χ1n) is 15.9. The highest BCUT2D eigenvalue weighted by Crippen LogP contribution is 2.30. The number of rotatable bonds is 10. The van der Waals surface area contributed by atoms with Crippen molar-refractivity contribution in [2.75, 3.05) is 0 Å². The van der Waals surface area contributed by atoms with Crippen molar-refractivity contribution in [2.24, 2.45) is 11.8 Å². The number of nitrogens with zero attached hydrogens (tertiary/aromatic N) is 2. The SMILES string of the molecule is CC(C)[C@@H](C(=O)O)N1C(=O)c2ccc([Si](c3ccccc3)(c3ccccc3)c3ccc4c(c3)C(=O)N([C@@H](C(=O)O)C(C)C)C4=O)cc2C1=O. The summed E-state index contributed by atoms with van der Waals surface area (Å²) in [5.41, 5.74) is 0.364. The lowest BCUT2D eigenvalue weighted by Crippen LogP contribution is -2.74. The molecule has 11 heteroatoms. The predicted octanol–water partition coefficient (Wildman–Crippen LogP) is 2.47. The van der Waals surface area contributed by atoms with Crippen LogP contribution in [0.2, 0.25) is 0 Å². The smallest absolute Gasteiger partial charge is 0.327 e.